The molecule has 0 aliphatic carbocycles. The summed E-state index contributed by atoms with van der Waals surface area (Å²) in [5.41, 5.74) is 1.81. The van der Waals surface area contributed by atoms with Crippen molar-refractivity contribution < 1.29 is 8.42 Å². The Hall–Kier alpha value is -0.950. The molecule has 1 saturated heterocycles. The van der Waals surface area contributed by atoms with Crippen molar-refractivity contribution in [2.24, 2.45) is 0 Å². The molecule has 0 N–H and O–H groups in total. The van der Waals surface area contributed by atoms with Crippen LogP contribution in [0.3, 0.4) is 0 Å². The number of sulfonamides is 1. The molecule has 0 saturated carbocycles. The van der Waals surface area contributed by atoms with E-state index in [0.29, 0.717) is 18.0 Å². The van der Waals surface area contributed by atoms with Gasteiger partial charge in [0.05, 0.1) is 4.90 Å². The molecule has 0 atom stereocenters. The van der Waals surface area contributed by atoms with Gasteiger partial charge in [-0.25, -0.2) is 8.42 Å². The molecular weight excluding hydrogens is 310 g/mol. The highest BCUT2D eigenvalue weighted by molar-refractivity contribution is 7.89. The van der Waals surface area contributed by atoms with E-state index in [4.69, 9.17) is 0 Å². The van der Waals surface area contributed by atoms with Gasteiger partial charge < -0.3 is 9.80 Å². The minimum atomic E-state index is -3.37. The van der Waals surface area contributed by atoms with Crippen LogP contribution in [0.5, 0.6) is 0 Å². The highest BCUT2D eigenvalue weighted by atomic mass is 32.2. The molecule has 1 aliphatic heterocycles. The molecule has 0 unspecified atom stereocenters. The topological polar surface area (TPSA) is 43.9 Å². The van der Waals surface area contributed by atoms with Crippen LogP contribution in [0.1, 0.15) is 17.5 Å². The molecule has 0 radical (unpaired) electrons. The minimum Gasteiger partial charge on any atom is -0.309 e. The fourth-order valence-corrected chi connectivity index (χ4v) is 4.66. The van der Waals surface area contributed by atoms with Crippen LogP contribution >= 0.6 is 0 Å². The van der Waals surface area contributed by atoms with Gasteiger partial charge >= 0.3 is 0 Å². The second-order valence-corrected chi connectivity index (χ2v) is 8.58. The molecule has 1 fully saturated rings. The van der Waals surface area contributed by atoms with E-state index in [1.54, 1.807) is 10.4 Å². The molecule has 1 aromatic carbocycles. The Kier molecular flexibility index (Phi) is 6.19. The van der Waals surface area contributed by atoms with Crippen molar-refractivity contribution in [3.05, 3.63) is 29.3 Å². The van der Waals surface area contributed by atoms with Crippen molar-refractivity contribution in [2.45, 2.75) is 25.2 Å². The number of nitrogens with zero attached hydrogens (tertiary/aromatic N) is 3. The van der Waals surface area contributed by atoms with E-state index >= 15 is 0 Å². The Bertz CT molecular complexity index is 621. The summed E-state index contributed by atoms with van der Waals surface area (Å²) in [7, 11) is 0.782. The number of piperazine rings is 1. The smallest absolute Gasteiger partial charge is 0.243 e. The Morgan fingerprint density at radius 1 is 1.09 bits per heavy atom. The van der Waals surface area contributed by atoms with Crippen molar-refractivity contribution in [1.82, 2.24) is 14.1 Å². The van der Waals surface area contributed by atoms with Crippen LogP contribution < -0.4 is 0 Å². The van der Waals surface area contributed by atoms with Crippen molar-refractivity contribution in [3.63, 3.8) is 0 Å². The van der Waals surface area contributed by atoms with E-state index in [0.717, 1.165) is 43.7 Å². The van der Waals surface area contributed by atoms with Crippen molar-refractivity contribution >= 4 is 10.0 Å². The lowest BCUT2D eigenvalue weighted by Crippen LogP contribution is -2.49. The highest BCUT2D eigenvalue weighted by Gasteiger charge is 2.29. The average Bonchev–Trinajstić information content (AvgIpc) is 2.50. The van der Waals surface area contributed by atoms with Gasteiger partial charge in [0, 0.05) is 26.2 Å². The predicted molar refractivity (Wildman–Crippen MR) is 94.3 cm³/mol. The summed E-state index contributed by atoms with van der Waals surface area (Å²) >= 11 is 0. The number of hydrogen-bond donors (Lipinski definition) is 0. The van der Waals surface area contributed by atoms with Gasteiger partial charge in [-0.15, -0.1) is 0 Å². The highest BCUT2D eigenvalue weighted by Crippen LogP contribution is 2.22. The molecule has 5 nitrogen and oxygen atoms in total. The molecular formula is C17H29N3O2S. The first-order valence-corrected chi connectivity index (χ1v) is 9.69. The summed E-state index contributed by atoms with van der Waals surface area (Å²) < 4.78 is 27.4. The summed E-state index contributed by atoms with van der Waals surface area (Å²) in [4.78, 5) is 5.00. The number of aryl methyl sites for hydroxylation is 2. The lowest BCUT2D eigenvalue weighted by Gasteiger charge is -2.34. The third-order valence-corrected chi connectivity index (χ3v) is 6.41. The van der Waals surface area contributed by atoms with E-state index in [1.807, 2.05) is 26.0 Å². The molecule has 2 rings (SSSR count). The van der Waals surface area contributed by atoms with Gasteiger partial charge in [-0.1, -0.05) is 12.1 Å². The SMILES string of the molecule is Cc1ccc(C)c(S(=O)(=O)N2CCN(CCCN(C)C)CC2)c1. The maximum absolute atomic E-state index is 12.9. The largest absolute Gasteiger partial charge is 0.309 e. The Labute approximate surface area is 140 Å². The van der Waals surface area contributed by atoms with Crippen LogP contribution in [0.4, 0.5) is 0 Å². The van der Waals surface area contributed by atoms with Gasteiger partial charge in [-0.05, 0) is 64.6 Å². The van der Waals surface area contributed by atoms with Gasteiger partial charge in [-0.3, -0.25) is 0 Å². The summed E-state index contributed by atoms with van der Waals surface area (Å²) in [6, 6.07) is 5.63. The third kappa shape index (κ3) is 4.76. The molecule has 130 valence electrons. The van der Waals surface area contributed by atoms with Crippen molar-refractivity contribution in [2.75, 3.05) is 53.4 Å². The van der Waals surface area contributed by atoms with E-state index in [-0.39, 0.29) is 0 Å². The molecule has 0 amide bonds. The normalized spacial score (nSPS) is 17.8. The molecule has 6 heteroatoms. The predicted octanol–water partition coefficient (Wildman–Crippen LogP) is 1.56. The molecule has 0 bridgehead atoms. The fourth-order valence-electron chi connectivity index (χ4n) is 2.93. The summed E-state index contributed by atoms with van der Waals surface area (Å²) in [5, 5.41) is 0. The fraction of sp³-hybridized carbons (Fsp3) is 0.647. The molecule has 1 aliphatic rings. The van der Waals surface area contributed by atoms with Gasteiger partial charge in [0.25, 0.3) is 0 Å². The Morgan fingerprint density at radius 2 is 1.74 bits per heavy atom. The van der Waals surface area contributed by atoms with Gasteiger partial charge in [0.15, 0.2) is 0 Å². The molecule has 1 heterocycles. The summed E-state index contributed by atoms with van der Waals surface area (Å²) in [6.45, 7) is 8.70. The van der Waals surface area contributed by atoms with Crippen LogP contribution in [0.25, 0.3) is 0 Å². The van der Waals surface area contributed by atoms with Crippen molar-refractivity contribution in [1.29, 1.82) is 0 Å². The number of rotatable bonds is 6. The Balaban J connectivity index is 1.97. The van der Waals surface area contributed by atoms with Crippen LogP contribution in [-0.2, 0) is 10.0 Å². The zero-order valence-corrected chi connectivity index (χ0v) is 15.6. The maximum atomic E-state index is 12.9. The molecule has 0 spiro atoms. The van der Waals surface area contributed by atoms with E-state index < -0.39 is 10.0 Å². The third-order valence-electron chi connectivity index (χ3n) is 4.37. The van der Waals surface area contributed by atoms with Crippen LogP contribution in [0.2, 0.25) is 0 Å². The molecule has 23 heavy (non-hydrogen) atoms. The molecule has 1 aromatic rings. The quantitative estimate of drug-likeness (QED) is 0.789. The second kappa shape index (κ2) is 7.75. The zero-order valence-electron chi connectivity index (χ0n) is 14.7. The monoisotopic (exact) mass is 339 g/mol. The van der Waals surface area contributed by atoms with Gasteiger partial charge in [-0.2, -0.15) is 4.31 Å². The second-order valence-electron chi connectivity index (χ2n) is 6.67. The maximum Gasteiger partial charge on any atom is 0.243 e. The van der Waals surface area contributed by atoms with Gasteiger partial charge in [0.1, 0.15) is 0 Å². The van der Waals surface area contributed by atoms with Crippen LogP contribution in [0, 0.1) is 13.8 Å². The summed E-state index contributed by atoms with van der Waals surface area (Å²) in [6.07, 6.45) is 1.12. The minimum absolute atomic E-state index is 0.457. The first-order chi connectivity index (χ1) is 10.8. The average molecular weight is 340 g/mol. The van der Waals surface area contributed by atoms with E-state index in [1.165, 1.54) is 0 Å². The number of benzene rings is 1. The van der Waals surface area contributed by atoms with Crippen LogP contribution in [0.15, 0.2) is 23.1 Å². The van der Waals surface area contributed by atoms with Gasteiger partial charge in [0.2, 0.25) is 10.0 Å². The van der Waals surface area contributed by atoms with E-state index in [9.17, 15) is 8.42 Å². The first-order valence-electron chi connectivity index (χ1n) is 8.25. The molecule has 0 aromatic heterocycles. The Morgan fingerprint density at radius 3 is 2.35 bits per heavy atom. The standard InChI is InChI=1S/C17H29N3O2S/c1-15-6-7-16(2)17(14-15)23(21,22)20-12-10-19(11-13-20)9-5-8-18(3)4/h6-7,14H,5,8-13H2,1-4H3. The van der Waals surface area contributed by atoms with Crippen molar-refractivity contribution in [3.8, 4) is 0 Å². The van der Waals surface area contributed by atoms with Crippen LogP contribution in [-0.4, -0.2) is 75.9 Å². The lowest BCUT2D eigenvalue weighted by molar-refractivity contribution is 0.181. The zero-order chi connectivity index (χ0) is 17.0. The first kappa shape index (κ1) is 18.4. The van der Waals surface area contributed by atoms with E-state index in [2.05, 4.69) is 23.9 Å². The number of hydrogen-bond acceptors (Lipinski definition) is 4. The lowest BCUT2D eigenvalue weighted by atomic mass is 10.2. The summed E-state index contributed by atoms with van der Waals surface area (Å²) in [5.74, 6) is 0.